The summed E-state index contributed by atoms with van der Waals surface area (Å²) in [6.45, 7) is 14.5. The van der Waals surface area contributed by atoms with Crippen molar-refractivity contribution in [3.63, 3.8) is 0 Å². The van der Waals surface area contributed by atoms with E-state index in [1.165, 1.54) is 16.0 Å². The van der Waals surface area contributed by atoms with Gasteiger partial charge in [-0.05, 0) is 102 Å². The molecule has 0 aromatic heterocycles. The van der Waals surface area contributed by atoms with E-state index < -0.39 is 18.1 Å². The lowest BCUT2D eigenvalue weighted by Gasteiger charge is -2.49. The van der Waals surface area contributed by atoms with E-state index in [1.54, 1.807) is 0 Å². The van der Waals surface area contributed by atoms with E-state index in [1.807, 2.05) is 0 Å². The van der Waals surface area contributed by atoms with E-state index in [0.717, 1.165) is 17.9 Å². The van der Waals surface area contributed by atoms with Gasteiger partial charge in [0, 0.05) is 12.0 Å². The highest BCUT2D eigenvalue weighted by Gasteiger charge is 2.42. The van der Waals surface area contributed by atoms with Crippen LogP contribution in [0.15, 0.2) is 47.4 Å². The van der Waals surface area contributed by atoms with Gasteiger partial charge in [0.1, 0.15) is 0 Å². The Balaban J connectivity index is 2.06. The van der Waals surface area contributed by atoms with Gasteiger partial charge in [0.25, 0.3) is 0 Å². The maximum absolute atomic E-state index is 6.79. The van der Waals surface area contributed by atoms with Crippen LogP contribution in [0.4, 0.5) is 0 Å². The van der Waals surface area contributed by atoms with Crippen molar-refractivity contribution in [2.75, 3.05) is 38.1 Å². The van der Waals surface area contributed by atoms with E-state index in [0.29, 0.717) is 24.5 Å². The number of nitrogens with two attached hydrogens (primary N) is 1. The first kappa shape index (κ1) is 29.3. The molecule has 1 aliphatic heterocycles. The Morgan fingerprint density at radius 3 is 1.94 bits per heavy atom. The largest absolute Gasteiger partial charge is 0.454 e. The van der Waals surface area contributed by atoms with Crippen LogP contribution in [0.5, 0.6) is 11.5 Å². The van der Waals surface area contributed by atoms with Gasteiger partial charge in [0.2, 0.25) is 6.79 Å². The topological polar surface area (TPSA) is 44.5 Å². The highest BCUT2D eigenvalue weighted by Crippen LogP contribution is 2.76. The fraction of sp³-hybridized carbons (Fsp3) is 0.613. The maximum atomic E-state index is 6.79. The SMILES string of the molecule is CCC(C)C(C)(C)C(c1ccc2c(c1)OCO2)C(C)C(c1ccc(S(C)(C)S(C)(C)C)cc1)C(C)N. The summed E-state index contributed by atoms with van der Waals surface area (Å²) >= 11 is 0. The predicted octanol–water partition coefficient (Wildman–Crippen LogP) is 8.37. The Bertz CT molecular complexity index is 1020. The van der Waals surface area contributed by atoms with E-state index in [4.69, 9.17) is 15.2 Å². The Morgan fingerprint density at radius 2 is 1.42 bits per heavy atom. The monoisotopic (exact) mass is 533 g/mol. The fourth-order valence-corrected chi connectivity index (χ4v) is 9.38. The molecule has 0 saturated carbocycles. The van der Waals surface area contributed by atoms with Crippen molar-refractivity contribution < 1.29 is 9.47 Å². The quantitative estimate of drug-likeness (QED) is 0.312. The van der Waals surface area contributed by atoms with Gasteiger partial charge in [-0.15, -0.1) is 0 Å². The minimum Gasteiger partial charge on any atom is -0.454 e. The molecule has 36 heavy (non-hydrogen) atoms. The highest BCUT2D eigenvalue weighted by molar-refractivity contribution is 9.07. The summed E-state index contributed by atoms with van der Waals surface area (Å²) in [5.74, 6) is 3.18. The summed E-state index contributed by atoms with van der Waals surface area (Å²) in [7, 11) is -1.51. The van der Waals surface area contributed by atoms with Gasteiger partial charge < -0.3 is 15.2 Å². The Labute approximate surface area is 224 Å². The van der Waals surface area contributed by atoms with Gasteiger partial charge in [-0.25, -0.2) is 9.06 Å². The molecule has 0 spiro atoms. The third-order valence-electron chi connectivity index (χ3n) is 9.18. The molecule has 1 aliphatic rings. The molecule has 0 radical (unpaired) electrons. The van der Waals surface area contributed by atoms with Crippen LogP contribution < -0.4 is 15.2 Å². The zero-order valence-electron chi connectivity index (χ0n) is 24.6. The Hall–Kier alpha value is -1.30. The summed E-state index contributed by atoms with van der Waals surface area (Å²) in [5.41, 5.74) is 9.54. The van der Waals surface area contributed by atoms with Gasteiger partial charge in [-0.1, -0.05) is 59.2 Å². The van der Waals surface area contributed by atoms with Gasteiger partial charge in [0.15, 0.2) is 11.5 Å². The molecule has 2 N–H and O–H groups in total. The lowest BCUT2D eigenvalue weighted by Crippen LogP contribution is -2.39. The van der Waals surface area contributed by atoms with Gasteiger partial charge in [-0.2, -0.15) is 9.06 Å². The molecular weight excluding hydrogens is 482 g/mol. The third kappa shape index (κ3) is 5.59. The van der Waals surface area contributed by atoms with Crippen LogP contribution in [0.1, 0.15) is 70.9 Å². The van der Waals surface area contributed by atoms with Gasteiger partial charge >= 0.3 is 0 Å². The van der Waals surface area contributed by atoms with Crippen molar-refractivity contribution in [1.29, 1.82) is 0 Å². The summed E-state index contributed by atoms with van der Waals surface area (Å²) in [4.78, 5) is 1.50. The number of ether oxygens (including phenoxy) is 2. The Morgan fingerprint density at radius 1 is 0.861 bits per heavy atom. The van der Waals surface area contributed by atoms with Crippen molar-refractivity contribution in [3.05, 3.63) is 53.6 Å². The molecule has 204 valence electrons. The zero-order valence-corrected chi connectivity index (χ0v) is 26.2. The van der Waals surface area contributed by atoms with Crippen LogP contribution in [0.3, 0.4) is 0 Å². The number of benzene rings is 2. The summed E-state index contributed by atoms with van der Waals surface area (Å²) in [5, 5.41) is 0. The molecule has 0 aliphatic carbocycles. The zero-order chi connectivity index (χ0) is 27.1. The minimum atomic E-state index is -0.836. The molecule has 5 atom stereocenters. The van der Waals surface area contributed by atoms with Gasteiger partial charge in [-0.3, -0.25) is 0 Å². The number of rotatable bonds is 10. The molecule has 0 saturated heterocycles. The molecule has 1 heterocycles. The van der Waals surface area contributed by atoms with Crippen molar-refractivity contribution >= 4 is 18.1 Å². The summed E-state index contributed by atoms with van der Waals surface area (Å²) in [6.07, 6.45) is 13.4. The molecule has 0 fully saturated rings. The Kier molecular flexibility index (Phi) is 8.80. The number of hydrogen-bond acceptors (Lipinski definition) is 3. The molecule has 3 nitrogen and oxygen atoms in total. The number of fused-ring (bicyclic) bond motifs is 1. The molecule has 5 heteroatoms. The molecule has 2 aromatic carbocycles. The van der Waals surface area contributed by atoms with E-state index in [9.17, 15) is 0 Å². The lowest BCUT2D eigenvalue weighted by molar-refractivity contribution is 0.119. The van der Waals surface area contributed by atoms with Crippen LogP contribution in [0, 0.1) is 17.3 Å². The average Bonchev–Trinajstić information content (AvgIpc) is 3.26. The number of hydrogen-bond donors (Lipinski definition) is 1. The fourth-order valence-electron chi connectivity index (χ4n) is 5.95. The van der Waals surface area contributed by atoms with Crippen LogP contribution in [0.2, 0.25) is 0 Å². The second-order valence-electron chi connectivity index (χ2n) is 12.5. The standard InChI is InChI=1S/C31H51NO2S2/c1-12-21(2)31(5,6)30(25-15-18-27-28(19-25)34-20-33-27)22(3)29(23(4)32)24-13-16-26(17-14-24)36(10,11)35(7,8)9/h13-19,21-23,29-30H,12,20,32H2,1-11H3. The first-order valence-corrected chi connectivity index (χ1v) is 19.1. The predicted molar refractivity (Wildman–Crippen MR) is 164 cm³/mol. The molecule has 5 unspecified atom stereocenters. The molecule has 2 aromatic rings. The first-order chi connectivity index (χ1) is 16.6. The smallest absolute Gasteiger partial charge is 0.231 e. The lowest BCUT2D eigenvalue weighted by atomic mass is 9.59. The van der Waals surface area contributed by atoms with Crippen LogP contribution in [0.25, 0.3) is 0 Å². The third-order valence-corrected chi connectivity index (χ3v) is 21.2. The molecule has 0 amide bonds. The van der Waals surface area contributed by atoms with Crippen LogP contribution in [-0.2, 0) is 0 Å². The van der Waals surface area contributed by atoms with Gasteiger partial charge in [0.05, 0.1) is 0 Å². The summed E-state index contributed by atoms with van der Waals surface area (Å²) < 4.78 is 11.4. The van der Waals surface area contributed by atoms with E-state index in [-0.39, 0.29) is 17.4 Å². The first-order valence-electron chi connectivity index (χ1n) is 13.3. The van der Waals surface area contributed by atoms with Crippen molar-refractivity contribution in [2.24, 2.45) is 23.0 Å². The summed E-state index contributed by atoms with van der Waals surface area (Å²) in [6, 6.07) is 16.1. The van der Waals surface area contributed by atoms with Crippen molar-refractivity contribution in [3.8, 4) is 11.5 Å². The average molecular weight is 534 g/mol. The maximum Gasteiger partial charge on any atom is 0.231 e. The molecule has 3 rings (SSSR count). The van der Waals surface area contributed by atoms with Crippen molar-refractivity contribution in [1.82, 2.24) is 0 Å². The van der Waals surface area contributed by atoms with Crippen LogP contribution >= 0.6 is 18.1 Å². The minimum absolute atomic E-state index is 0.0451. The highest BCUT2D eigenvalue weighted by atomic mass is 33.2. The second kappa shape index (κ2) is 10.8. The normalized spacial score (nSPS) is 19.3. The van der Waals surface area contributed by atoms with E-state index >= 15 is 0 Å². The van der Waals surface area contributed by atoms with Crippen LogP contribution in [-0.4, -0.2) is 44.1 Å². The van der Waals surface area contributed by atoms with Crippen molar-refractivity contribution in [2.45, 2.75) is 70.7 Å². The second-order valence-corrected chi connectivity index (χ2v) is 24.4. The molecular formula is C31H51NO2S2. The molecule has 0 bridgehead atoms. The van der Waals surface area contributed by atoms with E-state index in [2.05, 4.69) is 115 Å².